The number of rotatable bonds is 2. The van der Waals surface area contributed by atoms with E-state index in [1.165, 1.54) is 0 Å². The van der Waals surface area contributed by atoms with Crippen molar-refractivity contribution in [2.45, 2.75) is 26.7 Å². The Morgan fingerprint density at radius 3 is 2.56 bits per heavy atom. The first-order chi connectivity index (χ1) is 7.70. The first kappa shape index (κ1) is 10.7. The summed E-state index contributed by atoms with van der Waals surface area (Å²) in [4.78, 5) is 12.1. The van der Waals surface area contributed by atoms with Gasteiger partial charge in [-0.05, 0) is 12.5 Å². The third-order valence-corrected chi connectivity index (χ3v) is 2.81. The van der Waals surface area contributed by atoms with Crippen molar-refractivity contribution >= 4 is 11.0 Å². The number of hydrogen-bond acceptors (Lipinski definition) is 2. The van der Waals surface area contributed by atoms with Crippen LogP contribution in [0, 0.1) is 10.1 Å². The predicted octanol–water partition coefficient (Wildman–Crippen LogP) is 2.03. The van der Waals surface area contributed by atoms with E-state index in [4.69, 9.17) is 0 Å². The van der Waals surface area contributed by atoms with Gasteiger partial charge in [0.25, 0.3) is 11.2 Å². The second kappa shape index (κ2) is 3.96. The molecule has 0 atom stereocenters. The van der Waals surface area contributed by atoms with Gasteiger partial charge in [0.05, 0.1) is 10.1 Å². The molecule has 0 radical (unpaired) electrons. The minimum absolute atomic E-state index is 0.437. The Bertz CT molecular complexity index is 587. The van der Waals surface area contributed by atoms with Crippen LogP contribution in [-0.2, 0) is 12.8 Å². The van der Waals surface area contributed by atoms with E-state index in [9.17, 15) is 10.1 Å². The molecule has 0 spiro atoms. The van der Waals surface area contributed by atoms with Crippen molar-refractivity contribution in [1.29, 1.82) is 0 Å². The number of benzene rings is 1. The largest absolute Gasteiger partial charge is 0.805 e. The molecule has 1 heterocycles. The summed E-state index contributed by atoms with van der Waals surface area (Å²) in [5.41, 5.74) is 2.01. The highest BCUT2D eigenvalue weighted by atomic mass is 16.5. The van der Waals surface area contributed by atoms with Gasteiger partial charge >= 0.3 is 0 Å². The third kappa shape index (κ3) is 1.38. The monoisotopic (exact) mass is 218 g/mol. The fraction of sp³-hybridized carbons (Fsp3) is 0.333. The van der Waals surface area contributed by atoms with Crippen molar-refractivity contribution < 1.29 is 4.43 Å². The van der Waals surface area contributed by atoms with Gasteiger partial charge in [0.15, 0.2) is 0 Å². The second-order valence-electron chi connectivity index (χ2n) is 3.68. The van der Waals surface area contributed by atoms with Crippen molar-refractivity contribution in [3.05, 3.63) is 45.8 Å². The van der Waals surface area contributed by atoms with Crippen LogP contribution in [0.25, 0.3) is 11.0 Å². The molecular formula is C12H14N2O2. The highest BCUT2D eigenvalue weighted by Gasteiger charge is 2.18. The molecule has 0 saturated heterocycles. The number of hydrogen-bond donors (Lipinski definition) is 0. The molecule has 0 aliphatic heterocycles. The van der Waals surface area contributed by atoms with E-state index in [1.54, 1.807) is 24.3 Å². The Morgan fingerprint density at radius 1 is 1.25 bits per heavy atom. The standard InChI is InChI=1S/C12H14N2O2/c1-3-9-10(4-2)14(16)12-8-6-5-7-11(12)13(9)15/h5-8H,3-4H2,1-2H3. The highest BCUT2D eigenvalue weighted by Crippen LogP contribution is 2.14. The fourth-order valence-corrected chi connectivity index (χ4v) is 2.03. The average molecular weight is 218 g/mol. The van der Waals surface area contributed by atoms with Gasteiger partial charge < -0.3 is 9.94 Å². The van der Waals surface area contributed by atoms with Crippen LogP contribution in [0.1, 0.15) is 25.2 Å². The van der Waals surface area contributed by atoms with Crippen LogP contribution in [-0.4, -0.2) is 4.73 Å². The predicted molar refractivity (Wildman–Crippen MR) is 62.8 cm³/mol. The highest BCUT2D eigenvalue weighted by molar-refractivity contribution is 5.72. The van der Waals surface area contributed by atoms with E-state index in [0.29, 0.717) is 35.3 Å². The zero-order valence-electron chi connectivity index (χ0n) is 9.43. The van der Waals surface area contributed by atoms with Gasteiger partial charge in [0, 0.05) is 17.4 Å². The van der Waals surface area contributed by atoms with Gasteiger partial charge in [0.1, 0.15) is 5.52 Å². The van der Waals surface area contributed by atoms with Crippen LogP contribution in [0.5, 0.6) is 0 Å². The lowest BCUT2D eigenvalue weighted by molar-refractivity contribution is -0.475. The second-order valence-corrected chi connectivity index (χ2v) is 3.68. The fourth-order valence-electron chi connectivity index (χ4n) is 2.03. The number of para-hydroxylation sites is 2. The minimum Gasteiger partial charge on any atom is -0.805 e. The Hall–Kier alpha value is -1.84. The summed E-state index contributed by atoms with van der Waals surface area (Å²) in [6, 6.07) is 6.88. The van der Waals surface area contributed by atoms with Crippen molar-refractivity contribution in [2.24, 2.45) is 0 Å². The van der Waals surface area contributed by atoms with Crippen molar-refractivity contribution in [1.82, 2.24) is 4.73 Å². The molecule has 0 amide bonds. The zero-order chi connectivity index (χ0) is 11.7. The topological polar surface area (TPSA) is 51.0 Å². The van der Waals surface area contributed by atoms with Crippen molar-refractivity contribution in [3.8, 4) is 0 Å². The first-order valence-electron chi connectivity index (χ1n) is 5.46. The van der Waals surface area contributed by atoms with Gasteiger partial charge in [-0.3, -0.25) is 0 Å². The molecule has 0 bridgehead atoms. The van der Waals surface area contributed by atoms with Crippen LogP contribution in [0.3, 0.4) is 0 Å². The molecule has 84 valence electrons. The van der Waals surface area contributed by atoms with Gasteiger partial charge in [-0.2, -0.15) is 0 Å². The average Bonchev–Trinajstić information content (AvgIpc) is 2.33. The lowest BCUT2D eigenvalue weighted by Crippen LogP contribution is -2.27. The molecule has 0 N–H and O–H groups in total. The molecule has 0 aliphatic carbocycles. The van der Waals surface area contributed by atoms with Gasteiger partial charge in [-0.25, -0.2) is 0 Å². The molecule has 0 unspecified atom stereocenters. The van der Waals surface area contributed by atoms with Crippen LogP contribution < -0.4 is 4.43 Å². The van der Waals surface area contributed by atoms with E-state index in [0.717, 1.165) is 9.16 Å². The maximum Gasteiger partial charge on any atom is 0.286 e. The first-order valence-corrected chi connectivity index (χ1v) is 5.46. The Labute approximate surface area is 93.3 Å². The van der Waals surface area contributed by atoms with Gasteiger partial charge in [-0.15, -0.1) is 0 Å². The van der Waals surface area contributed by atoms with Crippen LogP contribution >= 0.6 is 0 Å². The zero-order valence-corrected chi connectivity index (χ0v) is 9.43. The van der Waals surface area contributed by atoms with Gasteiger partial charge in [-0.1, -0.05) is 26.0 Å². The molecule has 0 fully saturated rings. The number of aromatic nitrogens is 2. The lowest BCUT2D eigenvalue weighted by atomic mass is 10.2. The molecule has 4 nitrogen and oxygen atoms in total. The van der Waals surface area contributed by atoms with E-state index in [-0.39, 0.29) is 0 Å². The lowest BCUT2D eigenvalue weighted by Gasteiger charge is -2.17. The summed E-state index contributed by atoms with van der Waals surface area (Å²) in [5.74, 6) is 0. The van der Waals surface area contributed by atoms with Crippen LogP contribution in [0.2, 0.25) is 0 Å². The summed E-state index contributed by atoms with van der Waals surface area (Å²) >= 11 is 0. The van der Waals surface area contributed by atoms with Crippen molar-refractivity contribution in [3.63, 3.8) is 0 Å². The van der Waals surface area contributed by atoms with Crippen LogP contribution in [0.4, 0.5) is 0 Å². The summed E-state index contributed by atoms with van der Waals surface area (Å²) in [6.45, 7) is 3.77. The third-order valence-electron chi connectivity index (χ3n) is 2.81. The minimum atomic E-state index is 0.437. The summed E-state index contributed by atoms with van der Waals surface area (Å²) < 4.78 is 1.76. The maximum atomic E-state index is 12.1. The molecule has 0 aliphatic rings. The van der Waals surface area contributed by atoms with E-state index < -0.39 is 0 Å². The Balaban J connectivity index is 2.99. The summed E-state index contributed by atoms with van der Waals surface area (Å²) in [5, 5.41) is 12.1. The molecule has 1 aromatic carbocycles. The molecule has 16 heavy (non-hydrogen) atoms. The summed E-state index contributed by atoms with van der Waals surface area (Å²) in [7, 11) is 0. The quantitative estimate of drug-likeness (QED) is 0.724. The van der Waals surface area contributed by atoms with E-state index in [1.807, 2.05) is 13.8 Å². The Morgan fingerprint density at radius 2 is 1.94 bits per heavy atom. The molecule has 1 aromatic heterocycles. The van der Waals surface area contributed by atoms with E-state index in [2.05, 4.69) is 0 Å². The molecular weight excluding hydrogens is 204 g/mol. The molecule has 2 rings (SSSR count). The number of fused-ring (bicyclic) bond motifs is 1. The molecule has 2 aromatic rings. The van der Waals surface area contributed by atoms with Crippen molar-refractivity contribution in [2.75, 3.05) is 0 Å². The SMILES string of the molecule is CCc1c(CC)[n+](=O)c2ccccc2n1[O-]. The van der Waals surface area contributed by atoms with Crippen LogP contribution in [0.15, 0.2) is 24.3 Å². The number of nitrogens with zero attached hydrogens (tertiary/aromatic N) is 2. The Kier molecular flexibility index (Phi) is 2.64. The molecule has 0 saturated carbocycles. The van der Waals surface area contributed by atoms with Gasteiger partial charge in [0.2, 0.25) is 0 Å². The van der Waals surface area contributed by atoms with E-state index >= 15 is 0 Å². The summed E-state index contributed by atoms with van der Waals surface area (Å²) in [6.07, 6.45) is 1.14. The maximum absolute atomic E-state index is 12.1. The smallest absolute Gasteiger partial charge is 0.286 e. The molecule has 4 heteroatoms. The normalized spacial score (nSPS) is 10.9.